The lowest BCUT2D eigenvalue weighted by atomic mass is 9.98. The molecule has 0 atom stereocenters. The van der Waals surface area contributed by atoms with Crippen LogP contribution in [0, 0.1) is 16.0 Å². The number of hydrogen-bond acceptors (Lipinski definition) is 7. The minimum absolute atomic E-state index is 0.123. The first-order valence-corrected chi connectivity index (χ1v) is 6.01. The van der Waals surface area contributed by atoms with Crippen LogP contribution >= 0.6 is 0 Å². The van der Waals surface area contributed by atoms with Crippen molar-refractivity contribution in [1.29, 1.82) is 0 Å². The van der Waals surface area contributed by atoms with Gasteiger partial charge in [0.2, 0.25) is 0 Å². The Morgan fingerprint density at radius 1 is 1.14 bits per heavy atom. The molecule has 0 aromatic heterocycles. The quantitative estimate of drug-likeness (QED) is 0.193. The zero-order valence-electron chi connectivity index (χ0n) is 11.8. The first kappa shape index (κ1) is 17.0. The van der Waals surface area contributed by atoms with Crippen LogP contribution < -0.4 is 0 Å². The molecule has 0 radical (unpaired) electrons. The van der Waals surface area contributed by atoms with Crippen molar-refractivity contribution in [3.63, 3.8) is 0 Å². The van der Waals surface area contributed by atoms with E-state index in [1.54, 1.807) is 0 Å². The first-order valence-electron chi connectivity index (χ1n) is 6.01. The number of carbonyl (C=O) groups is 3. The Balaban J connectivity index is 3.20. The summed E-state index contributed by atoms with van der Waals surface area (Å²) in [5.41, 5.74) is 0.111. The summed E-state index contributed by atoms with van der Waals surface area (Å²) in [4.78, 5) is 44.4. The van der Waals surface area contributed by atoms with Gasteiger partial charge >= 0.3 is 11.9 Å². The minimum Gasteiger partial charge on any atom is -0.468 e. The average molecular weight is 307 g/mol. The molecule has 0 N–H and O–H groups in total. The summed E-state index contributed by atoms with van der Waals surface area (Å²) in [6.07, 6.45) is 1.59. The van der Waals surface area contributed by atoms with Crippen LogP contribution in [0.5, 0.6) is 0 Å². The maximum Gasteiger partial charge on any atom is 0.324 e. The number of nitro benzene ring substituents is 1. The number of aldehydes is 1. The van der Waals surface area contributed by atoms with Gasteiger partial charge in [-0.15, -0.1) is 0 Å². The number of carbonyl (C=O) groups excluding carboxylic acids is 3. The monoisotopic (exact) mass is 307 g/mol. The molecule has 0 spiro atoms. The summed E-state index contributed by atoms with van der Waals surface area (Å²) in [6.45, 7) is 0. The normalized spacial score (nSPS) is 11.0. The molecule has 1 aromatic rings. The predicted molar refractivity (Wildman–Crippen MR) is 74.7 cm³/mol. The van der Waals surface area contributed by atoms with Crippen molar-refractivity contribution in [2.75, 3.05) is 14.2 Å². The molecule has 0 bridgehead atoms. The third kappa shape index (κ3) is 3.98. The maximum atomic E-state index is 11.6. The summed E-state index contributed by atoms with van der Waals surface area (Å²) in [5.74, 6) is -3.39. The second kappa shape index (κ2) is 7.67. The minimum atomic E-state index is -1.51. The van der Waals surface area contributed by atoms with Gasteiger partial charge in [0, 0.05) is 17.7 Å². The van der Waals surface area contributed by atoms with Crippen LogP contribution in [-0.2, 0) is 23.9 Å². The summed E-state index contributed by atoms with van der Waals surface area (Å²) in [7, 11) is 2.15. The lowest BCUT2D eigenvalue weighted by molar-refractivity contribution is -0.384. The molecule has 0 saturated carbocycles. The van der Waals surface area contributed by atoms with E-state index in [2.05, 4.69) is 9.47 Å². The van der Waals surface area contributed by atoms with E-state index in [-0.39, 0.29) is 11.3 Å². The number of benzene rings is 1. The molecule has 0 aliphatic rings. The fourth-order valence-electron chi connectivity index (χ4n) is 1.67. The fourth-order valence-corrected chi connectivity index (χ4v) is 1.67. The van der Waals surface area contributed by atoms with E-state index in [0.717, 1.165) is 14.2 Å². The molecule has 0 saturated heterocycles. The zero-order chi connectivity index (χ0) is 16.7. The van der Waals surface area contributed by atoms with Gasteiger partial charge in [-0.3, -0.25) is 24.5 Å². The van der Waals surface area contributed by atoms with Gasteiger partial charge in [-0.1, -0.05) is 0 Å². The molecule has 0 aliphatic heterocycles. The second-order valence-corrected chi connectivity index (χ2v) is 4.09. The maximum absolute atomic E-state index is 11.6. The van der Waals surface area contributed by atoms with E-state index in [9.17, 15) is 24.5 Å². The number of ether oxygens (including phenoxy) is 2. The molecule has 1 aromatic carbocycles. The van der Waals surface area contributed by atoms with Crippen molar-refractivity contribution >= 4 is 30.0 Å². The Bertz CT molecular complexity index is 603. The van der Waals surface area contributed by atoms with E-state index in [1.807, 2.05) is 0 Å². The third-order valence-corrected chi connectivity index (χ3v) is 2.78. The lowest BCUT2D eigenvalue weighted by Gasteiger charge is -2.12. The molecule has 116 valence electrons. The fraction of sp³-hybridized carbons (Fsp3) is 0.214. The standard InChI is InChI=1S/C14H13NO7/c1-21-13(17)12(14(18)22-2)10(8-16)7-9-3-5-11(6-4-9)15(19)20/h3-8,12H,1-2H3/b10-7+. The zero-order valence-corrected chi connectivity index (χ0v) is 11.8. The van der Waals surface area contributed by atoms with Gasteiger partial charge in [-0.2, -0.15) is 0 Å². The number of nitro groups is 1. The van der Waals surface area contributed by atoms with Crippen molar-refractivity contribution in [2.45, 2.75) is 0 Å². The van der Waals surface area contributed by atoms with Crippen LogP contribution in [0.15, 0.2) is 29.8 Å². The smallest absolute Gasteiger partial charge is 0.324 e. The number of hydrogen-bond donors (Lipinski definition) is 0. The average Bonchev–Trinajstić information content (AvgIpc) is 2.53. The molecular weight excluding hydrogens is 294 g/mol. The molecule has 0 fully saturated rings. The molecule has 1 rings (SSSR count). The molecule has 22 heavy (non-hydrogen) atoms. The summed E-state index contributed by atoms with van der Waals surface area (Å²) < 4.78 is 8.96. The van der Waals surface area contributed by atoms with Crippen molar-refractivity contribution < 1.29 is 28.8 Å². The summed E-state index contributed by atoms with van der Waals surface area (Å²) in [5, 5.41) is 10.6. The van der Waals surface area contributed by atoms with Crippen LogP contribution in [-0.4, -0.2) is 37.4 Å². The number of methoxy groups -OCH3 is 2. The van der Waals surface area contributed by atoms with E-state index >= 15 is 0 Å². The lowest BCUT2D eigenvalue weighted by Crippen LogP contribution is -2.28. The SMILES string of the molecule is COC(=O)C(C(=O)OC)/C(C=O)=C/c1ccc([N+](=O)[O-])cc1. The van der Waals surface area contributed by atoms with E-state index in [4.69, 9.17) is 0 Å². The molecule has 0 aliphatic carbocycles. The van der Waals surface area contributed by atoms with Crippen molar-refractivity contribution in [2.24, 2.45) is 5.92 Å². The topological polar surface area (TPSA) is 113 Å². The van der Waals surface area contributed by atoms with Crippen molar-refractivity contribution in [1.82, 2.24) is 0 Å². The van der Waals surface area contributed by atoms with Crippen LogP contribution in [0.25, 0.3) is 6.08 Å². The van der Waals surface area contributed by atoms with Gasteiger partial charge in [0.1, 0.15) is 6.29 Å². The van der Waals surface area contributed by atoms with Crippen LogP contribution in [0.2, 0.25) is 0 Å². The number of nitrogens with zero attached hydrogens (tertiary/aromatic N) is 1. The Labute approximate surface area is 125 Å². The van der Waals surface area contributed by atoms with Crippen LogP contribution in [0.1, 0.15) is 5.56 Å². The molecule has 0 heterocycles. The van der Waals surface area contributed by atoms with Gasteiger partial charge < -0.3 is 9.47 Å². The largest absolute Gasteiger partial charge is 0.468 e. The van der Waals surface area contributed by atoms with Gasteiger partial charge in [0.05, 0.1) is 19.1 Å². The molecule has 8 heteroatoms. The Morgan fingerprint density at radius 2 is 1.64 bits per heavy atom. The highest BCUT2D eigenvalue weighted by atomic mass is 16.6. The molecule has 8 nitrogen and oxygen atoms in total. The van der Waals surface area contributed by atoms with Gasteiger partial charge in [0.15, 0.2) is 5.92 Å². The van der Waals surface area contributed by atoms with Crippen LogP contribution in [0.3, 0.4) is 0 Å². The third-order valence-electron chi connectivity index (χ3n) is 2.78. The first-order chi connectivity index (χ1) is 10.4. The van der Waals surface area contributed by atoms with Crippen LogP contribution in [0.4, 0.5) is 5.69 Å². The van der Waals surface area contributed by atoms with Crippen molar-refractivity contribution in [3.8, 4) is 0 Å². The highest BCUT2D eigenvalue weighted by molar-refractivity contribution is 6.05. The molecular formula is C14H13NO7. The number of rotatable bonds is 6. The summed E-state index contributed by atoms with van der Waals surface area (Å²) in [6, 6.07) is 5.24. The molecule has 0 amide bonds. The highest BCUT2D eigenvalue weighted by Gasteiger charge is 2.32. The van der Waals surface area contributed by atoms with Crippen molar-refractivity contribution in [3.05, 3.63) is 45.5 Å². The predicted octanol–water partition coefficient (Wildman–Crippen LogP) is 1.14. The number of esters is 2. The Hall–Kier alpha value is -3.03. The van der Waals surface area contributed by atoms with Gasteiger partial charge in [-0.25, -0.2) is 0 Å². The Morgan fingerprint density at radius 3 is 2.00 bits per heavy atom. The number of non-ortho nitro benzene ring substituents is 1. The van der Waals surface area contributed by atoms with Gasteiger partial charge in [-0.05, 0) is 23.8 Å². The molecule has 0 unspecified atom stereocenters. The van der Waals surface area contributed by atoms with E-state index in [1.165, 1.54) is 30.3 Å². The van der Waals surface area contributed by atoms with E-state index in [0.29, 0.717) is 11.8 Å². The van der Waals surface area contributed by atoms with Gasteiger partial charge in [0.25, 0.3) is 5.69 Å². The Kier molecular flexibility index (Phi) is 5.94. The van der Waals surface area contributed by atoms with E-state index < -0.39 is 22.8 Å². The highest BCUT2D eigenvalue weighted by Crippen LogP contribution is 2.19. The second-order valence-electron chi connectivity index (χ2n) is 4.09. The summed E-state index contributed by atoms with van der Waals surface area (Å²) >= 11 is 0.